The number of rotatable bonds is 19. The zero-order valence-corrected chi connectivity index (χ0v) is 21.6. The molecule has 3 N–H and O–H groups in total. The number of hydrogen-bond acceptors (Lipinski definition) is 10. The Kier molecular flexibility index (Phi) is 12.8. The molecule has 3 rings (SSSR count). The number of nitrogens with zero attached hydrogens (tertiary/aromatic N) is 1. The summed E-state index contributed by atoms with van der Waals surface area (Å²) < 4.78 is 27.0. The maximum atomic E-state index is 12.9. The van der Waals surface area contributed by atoms with E-state index in [1.807, 2.05) is 6.07 Å². The summed E-state index contributed by atoms with van der Waals surface area (Å²) in [7, 11) is 0. The highest BCUT2D eigenvalue weighted by molar-refractivity contribution is 6.23. The van der Waals surface area contributed by atoms with Crippen LogP contribution >= 0.6 is 0 Å². The zero-order valence-electron chi connectivity index (χ0n) is 21.6. The van der Waals surface area contributed by atoms with E-state index in [9.17, 15) is 19.2 Å². The highest BCUT2D eigenvalue weighted by Gasteiger charge is 2.44. The second kappa shape index (κ2) is 16.3. The molecular formula is C26H37N3O9. The Morgan fingerprint density at radius 1 is 0.763 bits per heavy atom. The summed E-state index contributed by atoms with van der Waals surface area (Å²) in [6, 6.07) is 4.17. The third-order valence-corrected chi connectivity index (χ3v) is 6.01. The van der Waals surface area contributed by atoms with Crippen LogP contribution in [0.25, 0.3) is 0 Å². The number of imide groups is 2. The minimum atomic E-state index is -0.961. The molecule has 2 heterocycles. The van der Waals surface area contributed by atoms with Crippen LogP contribution in [0.15, 0.2) is 18.2 Å². The van der Waals surface area contributed by atoms with E-state index in [1.165, 1.54) is 0 Å². The Balaban J connectivity index is 1.23. The molecule has 1 unspecified atom stereocenters. The van der Waals surface area contributed by atoms with Crippen molar-refractivity contribution in [3.05, 3.63) is 34.9 Å². The summed E-state index contributed by atoms with van der Waals surface area (Å²) in [5, 5.41) is 2.20. The Labute approximate surface area is 222 Å². The molecule has 0 aliphatic carbocycles. The van der Waals surface area contributed by atoms with E-state index >= 15 is 0 Å². The quantitative estimate of drug-likeness (QED) is 0.183. The van der Waals surface area contributed by atoms with Gasteiger partial charge < -0.3 is 29.4 Å². The predicted molar refractivity (Wildman–Crippen MR) is 135 cm³/mol. The zero-order chi connectivity index (χ0) is 27.2. The standard InChI is InChI=1S/C26H37N3O9/c27-7-9-35-11-13-37-15-17-38-16-14-36-12-10-34-8-1-2-19-3-4-20-21(18-19)26(33)29(25(20)32)22-5-6-23(30)28-24(22)31/h3-4,18,22H,1-2,5-17,27H2,(H,28,30,31). The number of carbonyl (C=O) groups excluding carboxylic acids is 4. The van der Waals surface area contributed by atoms with E-state index in [-0.39, 0.29) is 24.0 Å². The lowest BCUT2D eigenvalue weighted by atomic mass is 10.0. The average molecular weight is 536 g/mol. The number of benzene rings is 1. The molecule has 1 aromatic rings. The van der Waals surface area contributed by atoms with Crippen molar-refractivity contribution in [1.29, 1.82) is 0 Å². The largest absolute Gasteiger partial charge is 0.379 e. The van der Waals surface area contributed by atoms with Crippen LogP contribution in [0.1, 0.15) is 45.5 Å². The fourth-order valence-corrected chi connectivity index (χ4v) is 4.12. The highest BCUT2D eigenvalue weighted by atomic mass is 16.6. The molecule has 12 heteroatoms. The molecule has 1 atom stereocenters. The second-order valence-electron chi connectivity index (χ2n) is 8.78. The molecule has 2 aliphatic heterocycles. The lowest BCUT2D eigenvalue weighted by Gasteiger charge is -2.27. The van der Waals surface area contributed by atoms with Gasteiger partial charge >= 0.3 is 0 Å². The van der Waals surface area contributed by atoms with Crippen LogP contribution in [0.3, 0.4) is 0 Å². The van der Waals surface area contributed by atoms with Crippen LogP contribution < -0.4 is 11.1 Å². The fourth-order valence-electron chi connectivity index (χ4n) is 4.12. The van der Waals surface area contributed by atoms with E-state index in [4.69, 9.17) is 29.4 Å². The number of amides is 4. The first-order valence-electron chi connectivity index (χ1n) is 13.0. The normalized spacial score (nSPS) is 17.3. The van der Waals surface area contributed by atoms with Gasteiger partial charge in [-0.1, -0.05) is 6.07 Å². The average Bonchev–Trinajstić information content (AvgIpc) is 3.15. The van der Waals surface area contributed by atoms with Gasteiger partial charge in [-0.15, -0.1) is 0 Å². The Bertz CT molecular complexity index is 956. The van der Waals surface area contributed by atoms with Crippen LogP contribution in [0, 0.1) is 0 Å². The van der Waals surface area contributed by atoms with E-state index in [0.29, 0.717) is 79.0 Å². The van der Waals surface area contributed by atoms with Gasteiger partial charge in [0.15, 0.2) is 0 Å². The van der Waals surface area contributed by atoms with Crippen molar-refractivity contribution in [2.45, 2.75) is 31.7 Å². The number of nitrogens with one attached hydrogen (secondary N) is 1. The van der Waals surface area contributed by atoms with Gasteiger partial charge in [-0.05, 0) is 37.0 Å². The predicted octanol–water partition coefficient (Wildman–Crippen LogP) is 0.0621. The smallest absolute Gasteiger partial charge is 0.262 e. The molecule has 1 aromatic carbocycles. The molecule has 0 bridgehead atoms. The number of hydrogen-bond donors (Lipinski definition) is 2. The van der Waals surface area contributed by atoms with Crippen molar-refractivity contribution in [2.24, 2.45) is 5.73 Å². The highest BCUT2D eigenvalue weighted by Crippen LogP contribution is 2.28. The SMILES string of the molecule is NCCOCCOCCOCCOCCOCCCc1ccc2c(c1)C(=O)N(C1CCC(=O)NC1=O)C2=O. The van der Waals surface area contributed by atoms with Gasteiger partial charge in [-0.25, -0.2) is 0 Å². The second-order valence-corrected chi connectivity index (χ2v) is 8.78. The lowest BCUT2D eigenvalue weighted by molar-refractivity contribution is -0.136. The number of ether oxygens (including phenoxy) is 5. The topological polar surface area (TPSA) is 156 Å². The number of piperidine rings is 1. The van der Waals surface area contributed by atoms with Crippen LogP contribution in [-0.4, -0.2) is 107 Å². The van der Waals surface area contributed by atoms with Gasteiger partial charge in [0.05, 0.1) is 70.6 Å². The molecular weight excluding hydrogens is 498 g/mol. The van der Waals surface area contributed by atoms with Gasteiger partial charge in [0.1, 0.15) is 6.04 Å². The molecule has 0 saturated carbocycles. The van der Waals surface area contributed by atoms with Crippen LogP contribution in [-0.2, 0) is 39.7 Å². The van der Waals surface area contributed by atoms with E-state index in [2.05, 4.69) is 5.32 Å². The Morgan fingerprint density at radius 3 is 1.89 bits per heavy atom. The van der Waals surface area contributed by atoms with Crippen molar-refractivity contribution >= 4 is 23.6 Å². The van der Waals surface area contributed by atoms with Crippen LogP contribution in [0.2, 0.25) is 0 Å². The molecule has 4 amide bonds. The van der Waals surface area contributed by atoms with Crippen molar-refractivity contribution < 1.29 is 42.9 Å². The molecule has 210 valence electrons. The number of nitrogens with two attached hydrogens (primary N) is 1. The molecule has 1 saturated heterocycles. The van der Waals surface area contributed by atoms with Gasteiger partial charge in [-0.3, -0.25) is 29.4 Å². The maximum absolute atomic E-state index is 12.9. The van der Waals surface area contributed by atoms with E-state index < -0.39 is 29.7 Å². The van der Waals surface area contributed by atoms with Gasteiger partial charge in [-0.2, -0.15) is 0 Å². The first kappa shape index (κ1) is 29.8. The minimum absolute atomic E-state index is 0.0936. The fraction of sp³-hybridized carbons (Fsp3) is 0.615. The number of carbonyl (C=O) groups is 4. The molecule has 0 radical (unpaired) electrons. The summed E-state index contributed by atoms with van der Waals surface area (Å²) in [4.78, 5) is 50.2. The molecule has 1 fully saturated rings. The molecule has 12 nitrogen and oxygen atoms in total. The number of aryl methyl sites for hydroxylation is 1. The van der Waals surface area contributed by atoms with Gasteiger partial charge in [0, 0.05) is 19.6 Å². The van der Waals surface area contributed by atoms with Crippen LogP contribution in [0.4, 0.5) is 0 Å². The number of fused-ring (bicyclic) bond motifs is 1. The first-order chi connectivity index (χ1) is 18.5. The minimum Gasteiger partial charge on any atom is -0.379 e. The third-order valence-electron chi connectivity index (χ3n) is 6.01. The Morgan fingerprint density at radius 2 is 1.32 bits per heavy atom. The first-order valence-corrected chi connectivity index (χ1v) is 13.0. The van der Waals surface area contributed by atoms with Crippen LogP contribution in [0.5, 0.6) is 0 Å². The Hall–Kier alpha value is -2.74. The monoisotopic (exact) mass is 535 g/mol. The summed E-state index contributed by atoms with van der Waals surface area (Å²) in [5.41, 5.74) is 6.79. The molecule has 0 spiro atoms. The summed E-state index contributed by atoms with van der Waals surface area (Å²) >= 11 is 0. The summed E-state index contributed by atoms with van der Waals surface area (Å²) in [5.74, 6) is -2.02. The molecule has 0 aromatic heterocycles. The third kappa shape index (κ3) is 8.93. The van der Waals surface area contributed by atoms with E-state index in [0.717, 1.165) is 16.9 Å². The lowest BCUT2D eigenvalue weighted by Crippen LogP contribution is -2.54. The summed E-state index contributed by atoms with van der Waals surface area (Å²) in [6.07, 6.45) is 1.63. The van der Waals surface area contributed by atoms with Crippen molar-refractivity contribution in [2.75, 3.05) is 72.6 Å². The maximum Gasteiger partial charge on any atom is 0.262 e. The van der Waals surface area contributed by atoms with Gasteiger partial charge in [0.2, 0.25) is 11.8 Å². The van der Waals surface area contributed by atoms with E-state index in [1.54, 1.807) is 12.1 Å². The molecule has 38 heavy (non-hydrogen) atoms. The van der Waals surface area contributed by atoms with Gasteiger partial charge in [0.25, 0.3) is 11.8 Å². The van der Waals surface area contributed by atoms with Crippen molar-refractivity contribution in [1.82, 2.24) is 10.2 Å². The summed E-state index contributed by atoms with van der Waals surface area (Å²) in [6.45, 7) is 5.49. The van der Waals surface area contributed by atoms with Crippen molar-refractivity contribution in [3.63, 3.8) is 0 Å². The molecule has 2 aliphatic rings. The van der Waals surface area contributed by atoms with Crippen molar-refractivity contribution in [3.8, 4) is 0 Å².